The average Bonchev–Trinajstić information content (AvgIpc) is 2.65. The van der Waals surface area contributed by atoms with E-state index in [9.17, 15) is 22.8 Å². The van der Waals surface area contributed by atoms with E-state index in [-0.39, 0.29) is 41.5 Å². The van der Waals surface area contributed by atoms with Crippen LogP contribution in [0.25, 0.3) is 0 Å². The number of hydrogen-bond donors (Lipinski definition) is 1. The normalized spacial score (nSPS) is 12.5. The first-order chi connectivity index (χ1) is 14.4. The molecule has 1 aromatic carbocycles. The van der Waals surface area contributed by atoms with E-state index in [2.05, 4.69) is 15.0 Å². The van der Waals surface area contributed by atoms with Gasteiger partial charge in [0.15, 0.2) is 5.78 Å². The van der Waals surface area contributed by atoms with Crippen molar-refractivity contribution in [1.29, 1.82) is 0 Å². The number of Topliss-reactive ketones (excluding diaryl/α,β-unsaturated/α-hetero) is 1. The third-order valence-electron chi connectivity index (χ3n) is 4.63. The fourth-order valence-electron chi connectivity index (χ4n) is 3.18. The lowest BCUT2D eigenvalue weighted by molar-refractivity contribution is -0.274. The maximum absolute atomic E-state index is 12.6. The predicted molar refractivity (Wildman–Crippen MR) is 111 cm³/mol. The Morgan fingerprint density at radius 3 is 2.48 bits per heavy atom. The van der Waals surface area contributed by atoms with E-state index < -0.39 is 6.36 Å². The summed E-state index contributed by atoms with van der Waals surface area (Å²) in [6, 6.07) is 8.97. The maximum atomic E-state index is 12.6. The molecular weight excluding hydrogens is 409 g/mol. The minimum absolute atomic E-state index is 0.0452. The predicted octanol–water partition coefficient (Wildman–Crippen LogP) is 5.58. The molecule has 0 spiro atoms. The van der Waals surface area contributed by atoms with Crippen molar-refractivity contribution < 1.29 is 27.5 Å². The molecule has 1 unspecified atom stereocenters. The molecule has 0 aliphatic carbocycles. The van der Waals surface area contributed by atoms with Crippen LogP contribution in [0.15, 0.2) is 36.4 Å². The number of aromatic nitrogens is 1. The lowest BCUT2D eigenvalue weighted by Crippen LogP contribution is -2.31. The number of ether oxygens (including phenoxy) is 1. The van der Waals surface area contributed by atoms with E-state index >= 15 is 0 Å². The van der Waals surface area contributed by atoms with Crippen molar-refractivity contribution in [1.82, 2.24) is 10.3 Å². The van der Waals surface area contributed by atoms with Gasteiger partial charge in [-0.1, -0.05) is 19.1 Å². The highest BCUT2D eigenvalue weighted by Gasteiger charge is 2.31. The number of pyridine rings is 1. The molecule has 0 bridgehead atoms. The zero-order valence-corrected chi connectivity index (χ0v) is 18.0. The Balaban J connectivity index is 1.97. The molecule has 0 aliphatic rings. The van der Waals surface area contributed by atoms with E-state index in [0.717, 1.165) is 0 Å². The van der Waals surface area contributed by atoms with E-state index in [1.54, 1.807) is 19.1 Å². The van der Waals surface area contributed by atoms with E-state index in [0.29, 0.717) is 29.7 Å². The number of benzene rings is 1. The van der Waals surface area contributed by atoms with Gasteiger partial charge in [0.2, 0.25) is 0 Å². The Bertz CT molecular complexity index is 927. The van der Waals surface area contributed by atoms with Crippen molar-refractivity contribution in [3.8, 4) is 5.75 Å². The van der Waals surface area contributed by atoms with Crippen LogP contribution in [0.4, 0.5) is 13.2 Å². The van der Waals surface area contributed by atoms with Crippen molar-refractivity contribution >= 4 is 11.7 Å². The molecule has 0 saturated heterocycles. The van der Waals surface area contributed by atoms with Crippen LogP contribution in [0.5, 0.6) is 5.75 Å². The number of nitrogens with zero attached hydrogens (tertiary/aromatic N) is 1. The number of carbonyl (C=O) groups excluding carboxylic acids is 2. The van der Waals surface area contributed by atoms with Gasteiger partial charge in [0.05, 0.1) is 0 Å². The molecular formula is C23H27F3N2O3. The van der Waals surface area contributed by atoms with Gasteiger partial charge in [0.25, 0.3) is 5.91 Å². The summed E-state index contributed by atoms with van der Waals surface area (Å²) in [4.78, 5) is 29.0. The summed E-state index contributed by atoms with van der Waals surface area (Å²) >= 11 is 0. The van der Waals surface area contributed by atoms with Gasteiger partial charge in [-0.25, -0.2) is 4.98 Å². The smallest absolute Gasteiger partial charge is 0.406 e. The quantitative estimate of drug-likeness (QED) is 0.521. The fraction of sp³-hybridized carbons (Fsp3) is 0.435. The van der Waals surface area contributed by atoms with Crippen LogP contribution in [-0.2, 0) is 0 Å². The van der Waals surface area contributed by atoms with Gasteiger partial charge < -0.3 is 10.1 Å². The number of ketones is 1. The second kappa shape index (κ2) is 10.4. The summed E-state index contributed by atoms with van der Waals surface area (Å²) < 4.78 is 41.2. The van der Waals surface area contributed by atoms with Crippen LogP contribution < -0.4 is 10.1 Å². The summed E-state index contributed by atoms with van der Waals surface area (Å²) in [5, 5.41) is 2.75. The van der Waals surface area contributed by atoms with Crippen molar-refractivity contribution in [2.75, 3.05) is 0 Å². The SMILES string of the molecule is Cc1cc(C(=O)CCCC(C)c2cccc(OC(F)(F)F)c2)cc(C(=O)NC(C)C)n1. The lowest BCUT2D eigenvalue weighted by atomic mass is 9.94. The van der Waals surface area contributed by atoms with Gasteiger partial charge in [-0.05, 0) is 69.4 Å². The third-order valence-corrected chi connectivity index (χ3v) is 4.63. The summed E-state index contributed by atoms with van der Waals surface area (Å²) in [6.45, 7) is 7.29. The highest BCUT2D eigenvalue weighted by Crippen LogP contribution is 2.28. The Hall–Kier alpha value is -2.90. The average molecular weight is 436 g/mol. The molecule has 1 aromatic heterocycles. The van der Waals surface area contributed by atoms with Crippen molar-refractivity contribution in [2.24, 2.45) is 0 Å². The number of hydrogen-bond acceptors (Lipinski definition) is 4. The molecule has 2 rings (SSSR count). The fourth-order valence-corrected chi connectivity index (χ4v) is 3.18. The number of carbonyl (C=O) groups is 2. The number of nitrogens with one attached hydrogen (secondary N) is 1. The summed E-state index contributed by atoms with van der Waals surface area (Å²) in [6.07, 6.45) is -3.30. The van der Waals surface area contributed by atoms with Gasteiger partial charge in [-0.2, -0.15) is 0 Å². The molecule has 8 heteroatoms. The van der Waals surface area contributed by atoms with Gasteiger partial charge >= 0.3 is 6.36 Å². The van der Waals surface area contributed by atoms with Crippen molar-refractivity contribution in [2.45, 2.75) is 65.3 Å². The first-order valence-corrected chi connectivity index (χ1v) is 10.1. The Labute approximate surface area is 180 Å². The number of alkyl halides is 3. The highest BCUT2D eigenvalue weighted by atomic mass is 19.4. The van der Waals surface area contributed by atoms with E-state index in [4.69, 9.17) is 0 Å². The molecule has 1 N–H and O–H groups in total. The highest BCUT2D eigenvalue weighted by molar-refractivity contribution is 5.99. The molecule has 0 radical (unpaired) electrons. The van der Waals surface area contributed by atoms with Crippen LogP contribution in [0.1, 0.15) is 78.1 Å². The third kappa shape index (κ3) is 8.03. The minimum atomic E-state index is -4.73. The van der Waals surface area contributed by atoms with Gasteiger partial charge in [-0.15, -0.1) is 13.2 Å². The Kier molecular flexibility index (Phi) is 8.19. The molecule has 1 atom stereocenters. The van der Waals surface area contributed by atoms with Crippen LogP contribution in [0, 0.1) is 6.92 Å². The van der Waals surface area contributed by atoms with Gasteiger partial charge in [-0.3, -0.25) is 9.59 Å². The van der Waals surface area contributed by atoms with E-state index in [1.807, 2.05) is 20.8 Å². The van der Waals surface area contributed by atoms with Crippen LogP contribution >= 0.6 is 0 Å². The number of rotatable bonds is 9. The topological polar surface area (TPSA) is 68.3 Å². The minimum Gasteiger partial charge on any atom is -0.406 e. The zero-order chi connectivity index (χ0) is 23.2. The number of aryl methyl sites for hydroxylation is 1. The Morgan fingerprint density at radius 1 is 1.13 bits per heavy atom. The van der Waals surface area contributed by atoms with Crippen LogP contribution in [0.3, 0.4) is 0 Å². The standard InChI is InChI=1S/C23H27F3N2O3/c1-14(2)27-22(30)20-13-18(11-16(4)28-20)21(29)10-5-7-15(3)17-8-6-9-19(12-17)31-23(24,25)26/h6,8-9,11-15H,5,7,10H2,1-4H3,(H,27,30). The number of halogens is 3. The van der Waals surface area contributed by atoms with Crippen LogP contribution in [0.2, 0.25) is 0 Å². The van der Waals surface area contributed by atoms with Crippen LogP contribution in [-0.4, -0.2) is 29.1 Å². The maximum Gasteiger partial charge on any atom is 0.573 e. The summed E-state index contributed by atoms with van der Waals surface area (Å²) in [5.74, 6) is -0.740. The molecule has 31 heavy (non-hydrogen) atoms. The largest absolute Gasteiger partial charge is 0.573 e. The van der Waals surface area contributed by atoms with Crippen molar-refractivity contribution in [3.63, 3.8) is 0 Å². The second-order valence-corrected chi connectivity index (χ2v) is 7.85. The molecule has 2 aromatic rings. The van der Waals surface area contributed by atoms with E-state index in [1.165, 1.54) is 24.3 Å². The molecule has 1 amide bonds. The number of amides is 1. The monoisotopic (exact) mass is 436 g/mol. The van der Waals surface area contributed by atoms with Gasteiger partial charge in [0.1, 0.15) is 11.4 Å². The Morgan fingerprint density at radius 2 is 1.84 bits per heavy atom. The molecule has 0 saturated carbocycles. The molecule has 5 nitrogen and oxygen atoms in total. The second-order valence-electron chi connectivity index (χ2n) is 7.85. The molecule has 0 fully saturated rings. The molecule has 1 heterocycles. The van der Waals surface area contributed by atoms with Crippen molar-refractivity contribution in [3.05, 3.63) is 58.9 Å². The van der Waals surface area contributed by atoms with Gasteiger partial charge in [0, 0.05) is 23.7 Å². The zero-order valence-electron chi connectivity index (χ0n) is 18.0. The lowest BCUT2D eigenvalue weighted by Gasteiger charge is -2.14. The molecule has 0 aliphatic heterocycles. The summed E-state index contributed by atoms with van der Waals surface area (Å²) in [5.41, 5.74) is 1.91. The summed E-state index contributed by atoms with van der Waals surface area (Å²) in [7, 11) is 0. The molecule has 168 valence electrons. The first kappa shape index (κ1) is 24.4. The first-order valence-electron chi connectivity index (χ1n) is 10.1.